The summed E-state index contributed by atoms with van der Waals surface area (Å²) < 4.78 is 0. The minimum Gasteiger partial charge on any atom is -0.399 e. The van der Waals surface area contributed by atoms with E-state index in [1.807, 2.05) is 24.3 Å². The molecular weight excluding hydrogens is 284 g/mol. The second-order valence-corrected chi connectivity index (χ2v) is 6.05. The minimum atomic E-state index is -0.533. The van der Waals surface area contributed by atoms with Crippen LogP contribution >= 0.6 is 13.5 Å². The quantitative estimate of drug-likeness (QED) is 0.820. The second kappa shape index (κ2) is 6.10. The van der Waals surface area contributed by atoms with Crippen molar-refractivity contribution in [2.75, 3.05) is 5.73 Å². The fourth-order valence-electron chi connectivity index (χ4n) is 3.40. The number of amides is 1. The molecule has 1 saturated carbocycles. The summed E-state index contributed by atoms with van der Waals surface area (Å²) in [7, 11) is 0. The maximum absolute atomic E-state index is 12.4. The van der Waals surface area contributed by atoms with Gasteiger partial charge in [-0.1, -0.05) is 25.0 Å². The van der Waals surface area contributed by atoms with Crippen molar-refractivity contribution in [2.45, 2.75) is 44.1 Å². The van der Waals surface area contributed by atoms with E-state index in [-0.39, 0.29) is 31.1 Å². The number of hydrogen-bond donors (Lipinski definition) is 2. The molecule has 0 aromatic heterocycles. The number of Topliss-reactive ketones (excluding diaryl/α,β-unsaturated/α-hetero) is 1. The van der Waals surface area contributed by atoms with E-state index >= 15 is 0 Å². The van der Waals surface area contributed by atoms with Gasteiger partial charge in [-0.2, -0.15) is 13.5 Å². The van der Waals surface area contributed by atoms with Crippen molar-refractivity contribution in [3.8, 4) is 0 Å². The first-order chi connectivity index (χ1) is 9.59. The first-order valence-corrected chi connectivity index (χ1v) is 7.29. The van der Waals surface area contributed by atoms with Gasteiger partial charge in [-0.25, -0.2) is 0 Å². The molecular formula is C16H22N2O2S. The van der Waals surface area contributed by atoms with Crippen LogP contribution in [0.4, 0.5) is 5.69 Å². The van der Waals surface area contributed by atoms with E-state index in [1.54, 1.807) is 0 Å². The van der Waals surface area contributed by atoms with Crippen molar-refractivity contribution in [3.63, 3.8) is 0 Å². The zero-order valence-electron chi connectivity index (χ0n) is 12.0. The number of piperidine rings is 1. The highest BCUT2D eigenvalue weighted by Crippen LogP contribution is 2.36. The fraction of sp³-hybridized carbons (Fsp3) is 0.500. The molecule has 0 radical (unpaired) electrons. The SMILES string of the molecule is Nc1ccc(C[C@@H]2CC(=O)C3(CCCC3)NC2=O)cc1.S. The van der Waals surface area contributed by atoms with Crippen molar-refractivity contribution in [2.24, 2.45) is 5.92 Å². The molecule has 1 aliphatic carbocycles. The van der Waals surface area contributed by atoms with Gasteiger partial charge in [0.2, 0.25) is 5.91 Å². The van der Waals surface area contributed by atoms with E-state index in [4.69, 9.17) is 5.73 Å². The van der Waals surface area contributed by atoms with Gasteiger partial charge in [-0.15, -0.1) is 0 Å². The van der Waals surface area contributed by atoms with Gasteiger partial charge in [-0.3, -0.25) is 9.59 Å². The number of benzene rings is 1. The molecule has 5 heteroatoms. The van der Waals surface area contributed by atoms with Gasteiger partial charge >= 0.3 is 0 Å². The molecule has 1 aromatic rings. The summed E-state index contributed by atoms with van der Waals surface area (Å²) in [6, 6.07) is 7.51. The molecule has 1 aliphatic heterocycles. The van der Waals surface area contributed by atoms with Gasteiger partial charge in [0.15, 0.2) is 5.78 Å². The van der Waals surface area contributed by atoms with Crippen LogP contribution in [-0.2, 0) is 16.0 Å². The van der Waals surface area contributed by atoms with Crippen LogP contribution in [0.3, 0.4) is 0 Å². The Morgan fingerprint density at radius 1 is 1.14 bits per heavy atom. The van der Waals surface area contributed by atoms with Crippen LogP contribution in [0.25, 0.3) is 0 Å². The number of anilines is 1. The first kappa shape index (κ1) is 15.9. The summed E-state index contributed by atoms with van der Waals surface area (Å²) in [5.41, 5.74) is 6.88. The highest BCUT2D eigenvalue weighted by molar-refractivity contribution is 7.59. The average molecular weight is 306 g/mol. The van der Waals surface area contributed by atoms with E-state index in [2.05, 4.69) is 5.32 Å². The standard InChI is InChI=1S/C16H20N2O2.H2S/c17-13-5-3-11(4-6-13)9-12-10-14(19)16(18-15(12)20)7-1-2-8-16;/h3-6,12H,1-2,7-10,17H2,(H,18,20);1H2/t12-;/m1./s1. The summed E-state index contributed by atoms with van der Waals surface area (Å²) in [6.07, 6.45) is 4.67. The monoisotopic (exact) mass is 306 g/mol. The maximum Gasteiger partial charge on any atom is 0.224 e. The molecule has 2 fully saturated rings. The third kappa shape index (κ3) is 3.07. The van der Waals surface area contributed by atoms with Crippen LogP contribution in [0.5, 0.6) is 0 Å². The normalized spacial score (nSPS) is 23.7. The van der Waals surface area contributed by atoms with Crippen LogP contribution in [0, 0.1) is 5.92 Å². The summed E-state index contributed by atoms with van der Waals surface area (Å²) in [6.45, 7) is 0. The van der Waals surface area contributed by atoms with Crippen LogP contribution in [-0.4, -0.2) is 17.2 Å². The predicted molar refractivity (Wildman–Crippen MR) is 87.4 cm³/mol. The predicted octanol–water partition coefficient (Wildman–Crippen LogP) is 1.94. The van der Waals surface area contributed by atoms with Crippen molar-refractivity contribution in [1.82, 2.24) is 5.32 Å². The third-order valence-electron chi connectivity index (χ3n) is 4.62. The van der Waals surface area contributed by atoms with Crippen LogP contribution in [0.15, 0.2) is 24.3 Å². The lowest BCUT2D eigenvalue weighted by Crippen LogP contribution is -2.59. The molecule has 1 heterocycles. The number of carbonyl (C=O) groups is 2. The molecule has 21 heavy (non-hydrogen) atoms. The van der Waals surface area contributed by atoms with Gasteiger partial charge in [0, 0.05) is 18.0 Å². The molecule has 1 aromatic carbocycles. The highest BCUT2D eigenvalue weighted by Gasteiger charge is 2.47. The molecule has 1 atom stereocenters. The smallest absolute Gasteiger partial charge is 0.224 e. The van der Waals surface area contributed by atoms with Crippen molar-refractivity contribution in [1.29, 1.82) is 0 Å². The van der Waals surface area contributed by atoms with Crippen molar-refractivity contribution >= 4 is 30.9 Å². The van der Waals surface area contributed by atoms with Gasteiger partial charge in [0.25, 0.3) is 0 Å². The maximum atomic E-state index is 12.4. The fourth-order valence-corrected chi connectivity index (χ4v) is 3.40. The number of nitrogen functional groups attached to an aromatic ring is 1. The molecule has 0 bridgehead atoms. The Labute approximate surface area is 131 Å². The third-order valence-corrected chi connectivity index (χ3v) is 4.62. The molecule has 114 valence electrons. The lowest BCUT2D eigenvalue weighted by atomic mass is 9.79. The van der Waals surface area contributed by atoms with Gasteiger partial charge < -0.3 is 11.1 Å². The van der Waals surface area contributed by atoms with Crippen LogP contribution in [0.2, 0.25) is 0 Å². The topological polar surface area (TPSA) is 72.2 Å². The molecule has 4 nitrogen and oxygen atoms in total. The largest absolute Gasteiger partial charge is 0.399 e. The Hall–Kier alpha value is -1.49. The lowest BCUT2D eigenvalue weighted by Gasteiger charge is -2.36. The molecule has 1 saturated heterocycles. The number of carbonyl (C=O) groups excluding carboxylic acids is 2. The summed E-state index contributed by atoms with van der Waals surface area (Å²) in [4.78, 5) is 24.7. The van der Waals surface area contributed by atoms with Crippen LogP contribution < -0.4 is 11.1 Å². The van der Waals surface area contributed by atoms with Crippen molar-refractivity contribution in [3.05, 3.63) is 29.8 Å². The molecule has 1 spiro atoms. The Kier molecular flexibility index (Phi) is 4.61. The van der Waals surface area contributed by atoms with E-state index in [9.17, 15) is 9.59 Å². The molecule has 0 unspecified atom stereocenters. The van der Waals surface area contributed by atoms with Crippen LogP contribution in [0.1, 0.15) is 37.7 Å². The highest BCUT2D eigenvalue weighted by atomic mass is 32.1. The van der Waals surface area contributed by atoms with Crippen molar-refractivity contribution < 1.29 is 9.59 Å². The Morgan fingerprint density at radius 3 is 2.38 bits per heavy atom. The number of hydrogen-bond acceptors (Lipinski definition) is 3. The Bertz CT molecular complexity index is 536. The van der Waals surface area contributed by atoms with Gasteiger partial charge in [-0.05, 0) is 37.0 Å². The summed E-state index contributed by atoms with van der Waals surface area (Å²) in [5.74, 6) is 0.00993. The zero-order valence-corrected chi connectivity index (χ0v) is 13.0. The number of nitrogens with two attached hydrogens (primary N) is 1. The molecule has 3 N–H and O–H groups in total. The lowest BCUT2D eigenvalue weighted by molar-refractivity contribution is -0.141. The minimum absolute atomic E-state index is 0. The first-order valence-electron chi connectivity index (χ1n) is 7.29. The number of rotatable bonds is 2. The zero-order chi connectivity index (χ0) is 14.2. The number of ketones is 1. The molecule has 3 rings (SSSR count). The molecule has 1 amide bonds. The summed E-state index contributed by atoms with van der Waals surface area (Å²) in [5, 5.41) is 3.01. The Morgan fingerprint density at radius 2 is 1.76 bits per heavy atom. The molecule has 2 aliphatic rings. The van der Waals surface area contributed by atoms with E-state index in [1.165, 1.54) is 0 Å². The van der Waals surface area contributed by atoms with E-state index in [0.717, 1.165) is 31.2 Å². The summed E-state index contributed by atoms with van der Waals surface area (Å²) >= 11 is 0. The second-order valence-electron chi connectivity index (χ2n) is 6.05. The van der Waals surface area contributed by atoms with Gasteiger partial charge in [0.1, 0.15) is 0 Å². The average Bonchev–Trinajstić information content (AvgIpc) is 2.88. The van der Waals surface area contributed by atoms with Gasteiger partial charge in [0.05, 0.1) is 5.54 Å². The van der Waals surface area contributed by atoms with E-state index in [0.29, 0.717) is 18.5 Å². The Balaban J connectivity index is 0.00000161. The van der Waals surface area contributed by atoms with E-state index < -0.39 is 5.54 Å². The number of nitrogens with one attached hydrogen (secondary N) is 1.